The zero-order chi connectivity index (χ0) is 14.0. The van der Waals surface area contributed by atoms with Gasteiger partial charge >= 0.3 is 8.25 Å². The van der Waals surface area contributed by atoms with Gasteiger partial charge in [0, 0.05) is 4.57 Å². The molecule has 4 heteroatoms. The lowest BCUT2D eigenvalue weighted by molar-refractivity contribution is 0.358. The molecular formula is C16H14O3P+. The molecule has 0 heterocycles. The molecule has 0 unspecified atom stereocenters. The van der Waals surface area contributed by atoms with Gasteiger partial charge in [-0.05, 0) is 23.3 Å². The third-order valence-electron chi connectivity index (χ3n) is 2.41. The Morgan fingerprint density at radius 1 is 0.700 bits per heavy atom. The molecule has 0 radical (unpaired) electrons. The molecule has 0 aliphatic rings. The number of rotatable bonds is 6. The van der Waals surface area contributed by atoms with Crippen molar-refractivity contribution >= 4 is 20.4 Å². The molecule has 0 amide bonds. The summed E-state index contributed by atoms with van der Waals surface area (Å²) in [4.78, 5) is 0. The molecule has 0 bridgehead atoms. The van der Waals surface area contributed by atoms with Crippen LogP contribution in [0.15, 0.2) is 73.2 Å². The molecule has 0 saturated heterocycles. The molecule has 0 saturated carbocycles. The lowest BCUT2D eigenvalue weighted by Crippen LogP contribution is -1.73. The maximum absolute atomic E-state index is 11.4. The maximum atomic E-state index is 11.4. The summed E-state index contributed by atoms with van der Waals surface area (Å²) in [5, 5.41) is 0. The Kier molecular flexibility index (Phi) is 5.56. The molecule has 20 heavy (non-hydrogen) atoms. The molecular weight excluding hydrogens is 271 g/mol. The van der Waals surface area contributed by atoms with Gasteiger partial charge in [0.1, 0.15) is 0 Å². The summed E-state index contributed by atoms with van der Waals surface area (Å²) in [6.45, 7) is 0. The van der Waals surface area contributed by atoms with Crippen LogP contribution in [-0.4, -0.2) is 0 Å². The van der Waals surface area contributed by atoms with Crippen molar-refractivity contribution in [2.24, 2.45) is 0 Å². The third-order valence-corrected chi connectivity index (χ3v) is 3.00. The summed E-state index contributed by atoms with van der Waals surface area (Å²) >= 11 is 0. The fourth-order valence-electron chi connectivity index (χ4n) is 1.47. The average molecular weight is 285 g/mol. The van der Waals surface area contributed by atoms with Crippen molar-refractivity contribution in [3.8, 4) is 0 Å². The monoisotopic (exact) mass is 285 g/mol. The molecule has 2 aromatic rings. The van der Waals surface area contributed by atoms with E-state index in [0.29, 0.717) is 0 Å². The van der Waals surface area contributed by atoms with Crippen LogP contribution in [-0.2, 0) is 13.6 Å². The van der Waals surface area contributed by atoms with Gasteiger partial charge in [0.15, 0.2) is 12.5 Å². The van der Waals surface area contributed by atoms with Gasteiger partial charge < -0.3 is 0 Å². The zero-order valence-corrected chi connectivity index (χ0v) is 11.6. The van der Waals surface area contributed by atoms with Crippen LogP contribution in [0.2, 0.25) is 0 Å². The minimum absolute atomic E-state index is 0.968. The molecule has 0 aliphatic carbocycles. The first-order chi connectivity index (χ1) is 9.84. The minimum atomic E-state index is -2.20. The van der Waals surface area contributed by atoms with Crippen molar-refractivity contribution in [1.29, 1.82) is 0 Å². The Labute approximate surface area is 119 Å². The van der Waals surface area contributed by atoms with E-state index in [1.54, 1.807) is 12.2 Å². The van der Waals surface area contributed by atoms with Crippen molar-refractivity contribution in [3.05, 3.63) is 84.3 Å². The molecule has 0 aliphatic heterocycles. The summed E-state index contributed by atoms with van der Waals surface area (Å²) in [6.07, 6.45) is 6.17. The van der Waals surface area contributed by atoms with Gasteiger partial charge in [-0.3, -0.25) is 0 Å². The van der Waals surface area contributed by atoms with Gasteiger partial charge in [-0.1, -0.05) is 60.7 Å². The van der Waals surface area contributed by atoms with Crippen LogP contribution in [0.3, 0.4) is 0 Å². The van der Waals surface area contributed by atoms with Crippen LogP contribution >= 0.6 is 8.25 Å². The van der Waals surface area contributed by atoms with Crippen molar-refractivity contribution in [1.82, 2.24) is 0 Å². The highest BCUT2D eigenvalue weighted by Gasteiger charge is 2.16. The molecule has 3 nitrogen and oxygen atoms in total. The lowest BCUT2D eigenvalue weighted by atomic mass is 10.2. The highest BCUT2D eigenvalue weighted by atomic mass is 31.1. The average Bonchev–Trinajstić information content (AvgIpc) is 2.49. The van der Waals surface area contributed by atoms with Gasteiger partial charge in [0.2, 0.25) is 0 Å². The highest BCUT2D eigenvalue weighted by Crippen LogP contribution is 2.25. The minimum Gasteiger partial charge on any atom is -0.230 e. The predicted molar refractivity (Wildman–Crippen MR) is 80.7 cm³/mol. The van der Waals surface area contributed by atoms with Gasteiger partial charge in [0.05, 0.1) is 0 Å². The number of hydrogen-bond donors (Lipinski definition) is 0. The van der Waals surface area contributed by atoms with Crippen LogP contribution in [0, 0.1) is 0 Å². The normalized spacial score (nSPS) is 11.7. The molecule has 0 spiro atoms. The van der Waals surface area contributed by atoms with Crippen LogP contribution in [0.5, 0.6) is 0 Å². The molecule has 0 N–H and O–H groups in total. The van der Waals surface area contributed by atoms with E-state index in [0.717, 1.165) is 11.1 Å². The van der Waals surface area contributed by atoms with Crippen molar-refractivity contribution in [2.45, 2.75) is 0 Å². The largest absolute Gasteiger partial charge is 0.804 e. The number of benzene rings is 2. The summed E-state index contributed by atoms with van der Waals surface area (Å²) in [5.41, 5.74) is 1.94. The molecule has 2 rings (SSSR count). The Morgan fingerprint density at radius 2 is 1.10 bits per heavy atom. The van der Waals surface area contributed by atoms with Gasteiger partial charge in [0.25, 0.3) is 0 Å². The van der Waals surface area contributed by atoms with E-state index in [1.165, 1.54) is 12.5 Å². The Hall–Kier alpha value is -2.38. The molecule has 0 atom stereocenters. The van der Waals surface area contributed by atoms with E-state index in [-0.39, 0.29) is 0 Å². The fourth-order valence-corrected chi connectivity index (χ4v) is 1.84. The quantitative estimate of drug-likeness (QED) is 0.552. The smallest absolute Gasteiger partial charge is 0.230 e. The zero-order valence-electron chi connectivity index (χ0n) is 10.8. The van der Waals surface area contributed by atoms with Crippen LogP contribution in [0.4, 0.5) is 0 Å². The van der Waals surface area contributed by atoms with E-state index in [2.05, 4.69) is 0 Å². The fraction of sp³-hybridized carbons (Fsp3) is 0. The Morgan fingerprint density at radius 3 is 1.50 bits per heavy atom. The number of hydrogen-bond acceptors (Lipinski definition) is 3. The summed E-state index contributed by atoms with van der Waals surface area (Å²) in [7, 11) is -2.20. The van der Waals surface area contributed by atoms with E-state index in [9.17, 15) is 4.57 Å². The van der Waals surface area contributed by atoms with Crippen molar-refractivity contribution in [3.63, 3.8) is 0 Å². The van der Waals surface area contributed by atoms with E-state index >= 15 is 0 Å². The van der Waals surface area contributed by atoms with Gasteiger partial charge in [-0.2, -0.15) is 0 Å². The van der Waals surface area contributed by atoms with Crippen LogP contribution in [0.25, 0.3) is 12.2 Å². The maximum Gasteiger partial charge on any atom is 0.804 e. The lowest BCUT2D eigenvalue weighted by Gasteiger charge is -1.89. The van der Waals surface area contributed by atoms with E-state index < -0.39 is 8.25 Å². The predicted octanol–water partition coefficient (Wildman–Crippen LogP) is 5.02. The molecule has 2 aromatic carbocycles. The second-order valence-corrected chi connectivity index (χ2v) is 4.73. The van der Waals surface area contributed by atoms with E-state index in [1.807, 2.05) is 60.7 Å². The summed E-state index contributed by atoms with van der Waals surface area (Å²) in [6, 6.07) is 19.2. The third kappa shape index (κ3) is 5.09. The van der Waals surface area contributed by atoms with Crippen LogP contribution in [0.1, 0.15) is 11.1 Å². The second-order valence-electron chi connectivity index (χ2n) is 3.86. The standard InChI is InChI=1S/C16H14O3P/c17-20(18-13-11-15-7-3-1-4-8-15)19-14-12-16-9-5-2-6-10-16/h1-14H/q+1. The summed E-state index contributed by atoms with van der Waals surface area (Å²) in [5.74, 6) is 0. The molecule has 0 fully saturated rings. The first kappa shape index (κ1) is 14.0. The van der Waals surface area contributed by atoms with Gasteiger partial charge in [-0.25, -0.2) is 9.05 Å². The van der Waals surface area contributed by atoms with Gasteiger partial charge in [-0.15, -0.1) is 0 Å². The second kappa shape index (κ2) is 7.93. The topological polar surface area (TPSA) is 35.5 Å². The van der Waals surface area contributed by atoms with Crippen molar-refractivity contribution < 1.29 is 13.6 Å². The summed E-state index contributed by atoms with van der Waals surface area (Å²) < 4.78 is 21.3. The Bertz CT molecular complexity index is 538. The van der Waals surface area contributed by atoms with Crippen molar-refractivity contribution in [2.75, 3.05) is 0 Å². The molecule has 100 valence electrons. The SMILES string of the molecule is O=[P+](OC=Cc1ccccc1)OC=Cc1ccccc1. The first-order valence-corrected chi connectivity index (χ1v) is 7.18. The van der Waals surface area contributed by atoms with E-state index in [4.69, 9.17) is 9.05 Å². The molecule has 0 aromatic heterocycles. The first-order valence-electron chi connectivity index (χ1n) is 6.08. The van der Waals surface area contributed by atoms with Crippen LogP contribution < -0.4 is 0 Å². The Balaban J connectivity index is 1.76. The highest BCUT2D eigenvalue weighted by molar-refractivity contribution is 7.33.